The first kappa shape index (κ1) is 26.6. The summed E-state index contributed by atoms with van der Waals surface area (Å²) < 4.78 is 0. The van der Waals surface area contributed by atoms with Crippen LogP contribution in [0.15, 0.2) is 84.9 Å². The number of hydrogen-bond acceptors (Lipinski definition) is 3. The lowest BCUT2D eigenvalue weighted by molar-refractivity contribution is -0.130. The third-order valence-corrected chi connectivity index (χ3v) is 7.02. The molecule has 1 saturated carbocycles. The van der Waals surface area contributed by atoms with Crippen LogP contribution >= 0.6 is 0 Å². The standard InChI is InChI=1S/C32H39N3O2/c1-26(36)35(23-28-14-7-3-8-15-28)24-30-17-11-16-29(20-30)22-34(21-27-12-5-2-6-13-27)25-32(37)33-31-18-9-4-10-19-31/h2-3,5-8,11-17,20,31H,4,9-10,18-19,21-25H2,1H3,(H,33,37). The number of carbonyl (C=O) groups is 2. The van der Waals surface area contributed by atoms with Crippen molar-refractivity contribution in [1.82, 2.24) is 15.1 Å². The zero-order valence-electron chi connectivity index (χ0n) is 21.9. The van der Waals surface area contributed by atoms with E-state index in [4.69, 9.17) is 0 Å². The van der Waals surface area contributed by atoms with Gasteiger partial charge in [-0.1, -0.05) is 104 Å². The highest BCUT2D eigenvalue weighted by molar-refractivity contribution is 5.78. The highest BCUT2D eigenvalue weighted by Crippen LogP contribution is 2.18. The van der Waals surface area contributed by atoms with Gasteiger partial charge in [-0.2, -0.15) is 0 Å². The van der Waals surface area contributed by atoms with Gasteiger partial charge in [-0.3, -0.25) is 14.5 Å². The second kappa shape index (κ2) is 13.8. The first-order valence-electron chi connectivity index (χ1n) is 13.5. The fourth-order valence-electron chi connectivity index (χ4n) is 5.12. The van der Waals surface area contributed by atoms with E-state index in [9.17, 15) is 9.59 Å². The first-order chi connectivity index (χ1) is 18.0. The lowest BCUT2D eigenvalue weighted by Crippen LogP contribution is -2.42. The van der Waals surface area contributed by atoms with E-state index in [2.05, 4.69) is 40.5 Å². The summed E-state index contributed by atoms with van der Waals surface area (Å²) in [6, 6.07) is 29.1. The molecule has 0 aliphatic heterocycles. The number of nitrogens with one attached hydrogen (secondary N) is 1. The maximum absolute atomic E-state index is 13.0. The van der Waals surface area contributed by atoms with E-state index < -0.39 is 0 Å². The minimum absolute atomic E-state index is 0.0549. The maximum atomic E-state index is 13.0. The topological polar surface area (TPSA) is 52.7 Å². The largest absolute Gasteiger partial charge is 0.352 e. The van der Waals surface area contributed by atoms with Gasteiger partial charge in [-0.05, 0) is 35.1 Å². The van der Waals surface area contributed by atoms with Crippen molar-refractivity contribution in [3.8, 4) is 0 Å². The summed E-state index contributed by atoms with van der Waals surface area (Å²) in [6.07, 6.45) is 5.85. The Bertz CT molecular complexity index is 1130. The van der Waals surface area contributed by atoms with Gasteiger partial charge in [-0.25, -0.2) is 0 Å². The van der Waals surface area contributed by atoms with Crippen molar-refractivity contribution < 1.29 is 9.59 Å². The Labute approximate surface area is 221 Å². The summed E-state index contributed by atoms with van der Waals surface area (Å²) in [4.78, 5) is 29.4. The van der Waals surface area contributed by atoms with Crippen LogP contribution in [0.25, 0.3) is 0 Å². The number of carbonyl (C=O) groups excluding carboxylic acids is 2. The molecule has 37 heavy (non-hydrogen) atoms. The summed E-state index contributed by atoms with van der Waals surface area (Å²) in [5, 5.41) is 3.27. The Kier molecular flexibility index (Phi) is 9.89. The summed E-state index contributed by atoms with van der Waals surface area (Å²) in [6.45, 7) is 4.50. The minimum atomic E-state index is 0.0549. The lowest BCUT2D eigenvalue weighted by atomic mass is 9.95. The van der Waals surface area contributed by atoms with Gasteiger partial charge >= 0.3 is 0 Å². The Morgan fingerprint density at radius 1 is 0.703 bits per heavy atom. The molecule has 0 heterocycles. The van der Waals surface area contributed by atoms with Crippen LogP contribution in [0.5, 0.6) is 0 Å². The van der Waals surface area contributed by atoms with Gasteiger partial charge in [0, 0.05) is 39.1 Å². The first-order valence-corrected chi connectivity index (χ1v) is 13.5. The molecule has 4 rings (SSSR count). The second-order valence-corrected chi connectivity index (χ2v) is 10.2. The average molecular weight is 498 g/mol. The number of hydrogen-bond donors (Lipinski definition) is 1. The molecule has 3 aromatic carbocycles. The van der Waals surface area contributed by atoms with E-state index >= 15 is 0 Å². The molecular formula is C32H39N3O2. The molecule has 3 aromatic rings. The van der Waals surface area contributed by atoms with Crippen LogP contribution in [-0.2, 0) is 35.8 Å². The molecule has 1 fully saturated rings. The van der Waals surface area contributed by atoms with Gasteiger partial charge in [0.25, 0.3) is 0 Å². The van der Waals surface area contributed by atoms with Crippen molar-refractivity contribution in [3.63, 3.8) is 0 Å². The van der Waals surface area contributed by atoms with E-state index in [0.29, 0.717) is 38.8 Å². The second-order valence-electron chi connectivity index (χ2n) is 10.2. The molecule has 0 atom stereocenters. The van der Waals surface area contributed by atoms with E-state index in [1.165, 1.54) is 24.8 Å². The van der Waals surface area contributed by atoms with Gasteiger partial charge in [0.15, 0.2) is 0 Å². The van der Waals surface area contributed by atoms with Crippen molar-refractivity contribution in [2.24, 2.45) is 0 Å². The lowest BCUT2D eigenvalue weighted by Gasteiger charge is -2.26. The molecule has 0 radical (unpaired) electrons. The van der Waals surface area contributed by atoms with Crippen LogP contribution in [-0.4, -0.2) is 34.2 Å². The van der Waals surface area contributed by atoms with Crippen molar-refractivity contribution in [2.45, 2.75) is 71.2 Å². The highest BCUT2D eigenvalue weighted by Gasteiger charge is 2.18. The van der Waals surface area contributed by atoms with Crippen molar-refractivity contribution >= 4 is 11.8 Å². The van der Waals surface area contributed by atoms with E-state index in [1.54, 1.807) is 6.92 Å². The van der Waals surface area contributed by atoms with Crippen LogP contribution in [0.3, 0.4) is 0 Å². The third-order valence-electron chi connectivity index (χ3n) is 7.02. The summed E-state index contributed by atoms with van der Waals surface area (Å²) in [7, 11) is 0. The van der Waals surface area contributed by atoms with Gasteiger partial charge in [0.2, 0.25) is 11.8 Å². The summed E-state index contributed by atoms with van der Waals surface area (Å²) in [5.41, 5.74) is 4.54. The smallest absolute Gasteiger partial charge is 0.234 e. The summed E-state index contributed by atoms with van der Waals surface area (Å²) >= 11 is 0. The number of nitrogens with zero attached hydrogens (tertiary/aromatic N) is 2. The molecule has 0 aromatic heterocycles. The van der Waals surface area contributed by atoms with Crippen LogP contribution < -0.4 is 5.32 Å². The Hall–Kier alpha value is -3.44. The Morgan fingerprint density at radius 3 is 1.84 bits per heavy atom. The molecule has 1 N–H and O–H groups in total. The Morgan fingerprint density at radius 2 is 1.22 bits per heavy atom. The molecule has 0 spiro atoms. The normalized spacial score (nSPS) is 13.9. The van der Waals surface area contributed by atoms with Crippen LogP contribution in [0, 0.1) is 0 Å². The zero-order valence-corrected chi connectivity index (χ0v) is 21.9. The molecule has 0 unspecified atom stereocenters. The van der Waals surface area contributed by atoms with E-state index in [0.717, 1.165) is 29.5 Å². The van der Waals surface area contributed by atoms with Gasteiger partial charge < -0.3 is 10.2 Å². The predicted molar refractivity (Wildman–Crippen MR) is 148 cm³/mol. The van der Waals surface area contributed by atoms with Gasteiger partial charge in [0.05, 0.1) is 6.54 Å². The van der Waals surface area contributed by atoms with Crippen molar-refractivity contribution in [2.75, 3.05) is 6.54 Å². The van der Waals surface area contributed by atoms with E-state index in [1.807, 2.05) is 59.5 Å². The minimum Gasteiger partial charge on any atom is -0.352 e. The zero-order chi connectivity index (χ0) is 25.9. The number of amides is 2. The van der Waals surface area contributed by atoms with Crippen molar-refractivity contribution in [1.29, 1.82) is 0 Å². The summed E-state index contributed by atoms with van der Waals surface area (Å²) in [5.74, 6) is 0.156. The molecule has 5 heteroatoms. The highest BCUT2D eigenvalue weighted by atomic mass is 16.2. The van der Waals surface area contributed by atoms with Crippen LogP contribution in [0.2, 0.25) is 0 Å². The SMILES string of the molecule is CC(=O)N(Cc1ccccc1)Cc1cccc(CN(CC(=O)NC2CCCCC2)Cc2ccccc2)c1. The average Bonchev–Trinajstić information content (AvgIpc) is 2.90. The number of benzene rings is 3. The maximum Gasteiger partial charge on any atom is 0.234 e. The molecular weight excluding hydrogens is 458 g/mol. The molecule has 0 saturated heterocycles. The van der Waals surface area contributed by atoms with Crippen LogP contribution in [0.1, 0.15) is 61.3 Å². The molecule has 1 aliphatic rings. The predicted octanol–water partition coefficient (Wildman–Crippen LogP) is 5.69. The van der Waals surface area contributed by atoms with Gasteiger partial charge in [0.1, 0.15) is 0 Å². The van der Waals surface area contributed by atoms with Crippen LogP contribution in [0.4, 0.5) is 0 Å². The fraction of sp³-hybridized carbons (Fsp3) is 0.375. The molecule has 194 valence electrons. The van der Waals surface area contributed by atoms with E-state index in [-0.39, 0.29) is 11.8 Å². The molecule has 1 aliphatic carbocycles. The quantitative estimate of drug-likeness (QED) is 0.370. The molecule has 2 amide bonds. The number of rotatable bonds is 11. The Balaban J connectivity index is 1.43. The molecule has 5 nitrogen and oxygen atoms in total. The fourth-order valence-corrected chi connectivity index (χ4v) is 5.12. The molecule has 0 bridgehead atoms. The van der Waals surface area contributed by atoms with Gasteiger partial charge in [-0.15, -0.1) is 0 Å². The monoisotopic (exact) mass is 497 g/mol. The third kappa shape index (κ3) is 8.87. The van der Waals surface area contributed by atoms with Crippen molar-refractivity contribution in [3.05, 3.63) is 107 Å².